The van der Waals surface area contributed by atoms with Gasteiger partial charge in [-0.3, -0.25) is 4.79 Å². The molecule has 0 unspecified atom stereocenters. The SMILES string of the molecule is O=C(Nc1c2c(nn1-c1ccc(C(F)(F)F)cc1)CSC2)c1cccc2ccccc12. The minimum atomic E-state index is -4.41. The van der Waals surface area contributed by atoms with E-state index in [1.54, 1.807) is 17.8 Å². The van der Waals surface area contributed by atoms with Gasteiger partial charge in [0, 0.05) is 22.6 Å². The van der Waals surface area contributed by atoms with Crippen LogP contribution in [0, 0.1) is 0 Å². The summed E-state index contributed by atoms with van der Waals surface area (Å²) < 4.78 is 40.3. The molecular formula is C23H16F3N3OS. The first-order valence-corrected chi connectivity index (χ1v) is 10.7. The van der Waals surface area contributed by atoms with Crippen LogP contribution in [0.1, 0.15) is 27.2 Å². The molecule has 156 valence electrons. The zero-order chi connectivity index (χ0) is 21.6. The summed E-state index contributed by atoms with van der Waals surface area (Å²) in [5.74, 6) is 1.59. The monoisotopic (exact) mass is 439 g/mol. The minimum Gasteiger partial charge on any atom is -0.306 e. The molecule has 0 aliphatic carbocycles. The van der Waals surface area contributed by atoms with E-state index in [0.29, 0.717) is 28.6 Å². The van der Waals surface area contributed by atoms with E-state index >= 15 is 0 Å². The molecule has 4 nitrogen and oxygen atoms in total. The number of hydrogen-bond acceptors (Lipinski definition) is 3. The van der Waals surface area contributed by atoms with Crippen LogP contribution in [0.3, 0.4) is 0 Å². The Balaban J connectivity index is 1.54. The predicted molar refractivity (Wildman–Crippen MR) is 115 cm³/mol. The van der Waals surface area contributed by atoms with Crippen molar-refractivity contribution in [1.29, 1.82) is 0 Å². The summed E-state index contributed by atoms with van der Waals surface area (Å²) in [6.07, 6.45) is -4.41. The van der Waals surface area contributed by atoms with Crippen LogP contribution in [0.5, 0.6) is 0 Å². The Bertz CT molecular complexity index is 1290. The van der Waals surface area contributed by atoms with Crippen LogP contribution in [0.4, 0.5) is 19.0 Å². The highest BCUT2D eigenvalue weighted by Gasteiger charge is 2.31. The van der Waals surface area contributed by atoms with E-state index in [1.807, 2.05) is 36.4 Å². The molecule has 1 aromatic heterocycles. The normalized spacial score (nSPS) is 13.4. The Morgan fingerprint density at radius 2 is 1.71 bits per heavy atom. The lowest BCUT2D eigenvalue weighted by Crippen LogP contribution is -2.16. The van der Waals surface area contributed by atoms with Gasteiger partial charge in [-0.25, -0.2) is 4.68 Å². The molecule has 4 aromatic rings. The Labute approximate surface area is 180 Å². The molecule has 1 aliphatic heterocycles. The van der Waals surface area contributed by atoms with Crippen molar-refractivity contribution < 1.29 is 18.0 Å². The van der Waals surface area contributed by atoms with Gasteiger partial charge in [0.15, 0.2) is 0 Å². The topological polar surface area (TPSA) is 46.9 Å². The zero-order valence-corrected chi connectivity index (χ0v) is 16.9. The first-order chi connectivity index (χ1) is 14.9. The quantitative estimate of drug-likeness (QED) is 0.423. The van der Waals surface area contributed by atoms with Gasteiger partial charge in [0.1, 0.15) is 5.82 Å². The van der Waals surface area contributed by atoms with Crippen LogP contribution in [0.25, 0.3) is 16.5 Å². The van der Waals surface area contributed by atoms with E-state index < -0.39 is 11.7 Å². The van der Waals surface area contributed by atoms with E-state index in [2.05, 4.69) is 10.4 Å². The van der Waals surface area contributed by atoms with Crippen LogP contribution in [-0.4, -0.2) is 15.7 Å². The predicted octanol–water partition coefficient (Wildman–Crippen LogP) is 6.04. The number of halogens is 3. The van der Waals surface area contributed by atoms with Crippen LogP contribution in [0.2, 0.25) is 0 Å². The van der Waals surface area contributed by atoms with Crippen molar-refractivity contribution in [2.45, 2.75) is 17.7 Å². The number of fused-ring (bicyclic) bond motifs is 2. The summed E-state index contributed by atoms with van der Waals surface area (Å²) in [5.41, 5.74) is 1.99. The lowest BCUT2D eigenvalue weighted by atomic mass is 10.0. The molecule has 5 rings (SSSR count). The molecule has 8 heteroatoms. The van der Waals surface area contributed by atoms with Gasteiger partial charge in [-0.15, -0.1) is 0 Å². The Morgan fingerprint density at radius 1 is 0.968 bits per heavy atom. The molecule has 0 atom stereocenters. The smallest absolute Gasteiger partial charge is 0.306 e. The van der Waals surface area contributed by atoms with Gasteiger partial charge in [-0.1, -0.05) is 36.4 Å². The number of carbonyl (C=O) groups is 1. The molecule has 0 spiro atoms. The van der Waals surface area contributed by atoms with Crippen molar-refractivity contribution in [3.63, 3.8) is 0 Å². The fraction of sp³-hybridized carbons (Fsp3) is 0.130. The zero-order valence-electron chi connectivity index (χ0n) is 16.1. The van der Waals surface area contributed by atoms with E-state index in [4.69, 9.17) is 0 Å². The van der Waals surface area contributed by atoms with Crippen LogP contribution < -0.4 is 5.32 Å². The molecule has 0 bridgehead atoms. The average molecular weight is 439 g/mol. The number of alkyl halides is 3. The molecule has 2 heterocycles. The van der Waals surface area contributed by atoms with E-state index in [0.717, 1.165) is 34.2 Å². The summed E-state index contributed by atoms with van der Waals surface area (Å²) in [6.45, 7) is 0. The van der Waals surface area contributed by atoms with Gasteiger partial charge in [-0.2, -0.15) is 30.0 Å². The van der Waals surface area contributed by atoms with Crippen molar-refractivity contribution in [1.82, 2.24) is 9.78 Å². The van der Waals surface area contributed by atoms with E-state index in [1.165, 1.54) is 16.8 Å². The van der Waals surface area contributed by atoms with Gasteiger partial charge in [0.2, 0.25) is 0 Å². The number of aromatic nitrogens is 2. The number of rotatable bonds is 3. The Morgan fingerprint density at radius 3 is 2.48 bits per heavy atom. The summed E-state index contributed by atoms with van der Waals surface area (Å²) in [5, 5.41) is 9.31. The number of carbonyl (C=O) groups excluding carboxylic acids is 1. The Kier molecular flexibility index (Phi) is 4.74. The van der Waals surface area contributed by atoms with Crippen molar-refractivity contribution >= 4 is 34.3 Å². The third-order valence-corrected chi connectivity index (χ3v) is 6.23. The van der Waals surface area contributed by atoms with Crippen molar-refractivity contribution in [2.24, 2.45) is 0 Å². The fourth-order valence-electron chi connectivity index (χ4n) is 3.72. The lowest BCUT2D eigenvalue weighted by Gasteiger charge is -2.13. The summed E-state index contributed by atoms with van der Waals surface area (Å²) in [6, 6.07) is 17.9. The second-order valence-electron chi connectivity index (χ2n) is 7.20. The number of nitrogens with one attached hydrogen (secondary N) is 1. The van der Waals surface area contributed by atoms with Crippen LogP contribution in [-0.2, 0) is 17.7 Å². The Hall–Kier alpha value is -3.26. The first kappa shape index (κ1) is 19.7. The number of anilines is 1. The van der Waals surface area contributed by atoms with Crippen molar-refractivity contribution in [2.75, 3.05) is 5.32 Å². The summed E-state index contributed by atoms with van der Waals surface area (Å²) >= 11 is 1.68. The lowest BCUT2D eigenvalue weighted by molar-refractivity contribution is -0.137. The van der Waals surface area contributed by atoms with Gasteiger partial charge in [0.05, 0.1) is 16.9 Å². The van der Waals surface area contributed by atoms with E-state index in [9.17, 15) is 18.0 Å². The van der Waals surface area contributed by atoms with Gasteiger partial charge in [0.25, 0.3) is 5.91 Å². The van der Waals surface area contributed by atoms with E-state index in [-0.39, 0.29) is 5.91 Å². The molecule has 31 heavy (non-hydrogen) atoms. The molecule has 1 N–H and O–H groups in total. The van der Waals surface area contributed by atoms with Gasteiger partial charge >= 0.3 is 6.18 Å². The average Bonchev–Trinajstić information content (AvgIpc) is 3.35. The maximum absolute atomic E-state index is 13.2. The number of hydrogen-bond donors (Lipinski definition) is 1. The number of nitrogens with zero attached hydrogens (tertiary/aromatic N) is 2. The molecule has 0 radical (unpaired) electrons. The number of thioether (sulfide) groups is 1. The highest BCUT2D eigenvalue weighted by atomic mass is 32.2. The van der Waals surface area contributed by atoms with Crippen LogP contribution >= 0.6 is 11.8 Å². The highest BCUT2D eigenvalue weighted by molar-refractivity contribution is 7.98. The standard InChI is InChI=1S/C23H16F3N3OS/c24-23(25,26)15-8-10-16(11-9-15)29-21(19-12-31-13-20(19)28-29)27-22(30)18-7-3-5-14-4-1-2-6-17(14)18/h1-11H,12-13H2,(H,27,30). The second-order valence-corrected chi connectivity index (χ2v) is 8.19. The highest BCUT2D eigenvalue weighted by Crippen LogP contribution is 2.37. The molecule has 1 amide bonds. The molecule has 0 fully saturated rings. The number of amides is 1. The molecule has 1 aliphatic rings. The molecule has 3 aromatic carbocycles. The number of benzene rings is 3. The largest absolute Gasteiger partial charge is 0.416 e. The first-order valence-electron chi connectivity index (χ1n) is 9.57. The minimum absolute atomic E-state index is 0.287. The second kappa shape index (κ2) is 7.46. The summed E-state index contributed by atoms with van der Waals surface area (Å²) in [7, 11) is 0. The maximum Gasteiger partial charge on any atom is 0.416 e. The van der Waals surface area contributed by atoms with Gasteiger partial charge in [-0.05, 0) is 41.1 Å². The molecule has 0 saturated heterocycles. The van der Waals surface area contributed by atoms with Crippen molar-refractivity contribution in [3.8, 4) is 5.69 Å². The fourth-order valence-corrected chi connectivity index (χ4v) is 4.75. The van der Waals surface area contributed by atoms with Gasteiger partial charge < -0.3 is 5.32 Å². The maximum atomic E-state index is 13.2. The molecule has 0 saturated carbocycles. The van der Waals surface area contributed by atoms with Crippen molar-refractivity contribution in [3.05, 3.63) is 89.1 Å². The summed E-state index contributed by atoms with van der Waals surface area (Å²) in [4.78, 5) is 13.2. The third-order valence-electron chi connectivity index (χ3n) is 5.26. The van der Waals surface area contributed by atoms with Crippen LogP contribution in [0.15, 0.2) is 66.7 Å². The third kappa shape index (κ3) is 3.57. The molecular weight excluding hydrogens is 423 g/mol.